The fourth-order valence-electron chi connectivity index (χ4n) is 2.78. The third-order valence-corrected chi connectivity index (χ3v) is 4.02. The maximum absolute atomic E-state index is 12.1. The zero-order valence-electron chi connectivity index (χ0n) is 14.9. The number of guanidine groups is 1. The maximum Gasteiger partial charge on any atom is 0.411 e. The molecule has 1 saturated carbocycles. The van der Waals surface area contributed by atoms with Crippen molar-refractivity contribution in [2.75, 3.05) is 13.2 Å². The average molecular weight is 485 g/mol. The van der Waals surface area contributed by atoms with Gasteiger partial charge in [-0.15, -0.1) is 24.0 Å². The van der Waals surface area contributed by atoms with Gasteiger partial charge in [-0.1, -0.05) is 37.1 Å². The van der Waals surface area contributed by atoms with E-state index in [4.69, 9.17) is 0 Å². The first kappa shape index (κ1) is 23.0. The van der Waals surface area contributed by atoms with Gasteiger partial charge in [-0.25, -0.2) is 4.99 Å². The second-order valence-electron chi connectivity index (χ2n) is 6.25. The smallest absolute Gasteiger partial charge is 0.367 e. The van der Waals surface area contributed by atoms with Crippen molar-refractivity contribution < 1.29 is 17.9 Å². The van der Waals surface area contributed by atoms with E-state index in [9.17, 15) is 13.2 Å². The summed E-state index contributed by atoms with van der Waals surface area (Å²) in [6.07, 6.45) is 0.585. The second-order valence-corrected chi connectivity index (χ2v) is 6.25. The molecule has 0 amide bonds. The van der Waals surface area contributed by atoms with Crippen molar-refractivity contribution in [2.45, 2.75) is 58.0 Å². The van der Waals surface area contributed by atoms with Crippen molar-refractivity contribution in [3.63, 3.8) is 0 Å². The van der Waals surface area contributed by atoms with Gasteiger partial charge in [-0.3, -0.25) is 0 Å². The van der Waals surface area contributed by atoms with Crippen LogP contribution in [0.4, 0.5) is 13.2 Å². The molecule has 26 heavy (non-hydrogen) atoms. The number of ether oxygens (including phenoxy) is 1. The van der Waals surface area contributed by atoms with Crippen LogP contribution in [0, 0.1) is 0 Å². The standard InChI is InChI=1S/C18H26F3N3O.HI/c1-2-22-17(24-16-5-3-4-6-16)23-11-14-7-9-15(10-8-14)12-25-13-18(19,20)21;/h7-10,16H,2-6,11-13H2,1H3,(H2,22,23,24);1H. The summed E-state index contributed by atoms with van der Waals surface area (Å²) in [4.78, 5) is 4.59. The van der Waals surface area contributed by atoms with E-state index < -0.39 is 12.8 Å². The minimum Gasteiger partial charge on any atom is -0.367 e. The van der Waals surface area contributed by atoms with Gasteiger partial charge in [0.25, 0.3) is 0 Å². The molecule has 2 rings (SSSR count). The molecule has 0 saturated heterocycles. The SMILES string of the molecule is CCNC(=NCc1ccc(COCC(F)(F)F)cc1)NC1CCCC1.I. The third kappa shape index (κ3) is 9.07. The molecule has 0 atom stereocenters. The van der Waals surface area contributed by atoms with Crippen LogP contribution in [-0.2, 0) is 17.9 Å². The lowest BCUT2D eigenvalue weighted by molar-refractivity contribution is -0.176. The van der Waals surface area contributed by atoms with Crippen LogP contribution in [0.1, 0.15) is 43.7 Å². The van der Waals surface area contributed by atoms with E-state index in [1.807, 2.05) is 19.1 Å². The van der Waals surface area contributed by atoms with E-state index in [-0.39, 0.29) is 30.6 Å². The number of hydrogen-bond donors (Lipinski definition) is 2. The molecule has 4 nitrogen and oxygen atoms in total. The lowest BCUT2D eigenvalue weighted by atomic mass is 10.1. The Kier molecular flexibility index (Phi) is 10.3. The highest BCUT2D eigenvalue weighted by molar-refractivity contribution is 14.0. The summed E-state index contributed by atoms with van der Waals surface area (Å²) in [5.74, 6) is 0.812. The van der Waals surface area contributed by atoms with E-state index in [0.717, 1.165) is 18.1 Å². The summed E-state index contributed by atoms with van der Waals surface area (Å²) in [6.45, 7) is 2.08. The predicted molar refractivity (Wildman–Crippen MR) is 108 cm³/mol. The summed E-state index contributed by atoms with van der Waals surface area (Å²) in [7, 11) is 0. The number of nitrogens with zero attached hydrogens (tertiary/aromatic N) is 1. The predicted octanol–water partition coefficient (Wildman–Crippen LogP) is 4.38. The molecule has 148 valence electrons. The zero-order chi connectivity index (χ0) is 18.1. The van der Waals surface area contributed by atoms with Crippen LogP contribution in [0.25, 0.3) is 0 Å². The van der Waals surface area contributed by atoms with Gasteiger partial charge in [0.05, 0.1) is 13.2 Å². The number of benzene rings is 1. The minimum absolute atomic E-state index is 0. The van der Waals surface area contributed by atoms with Gasteiger partial charge < -0.3 is 15.4 Å². The van der Waals surface area contributed by atoms with Crippen LogP contribution in [0.2, 0.25) is 0 Å². The molecule has 0 aliphatic heterocycles. The fraction of sp³-hybridized carbons (Fsp3) is 0.611. The van der Waals surface area contributed by atoms with Crippen molar-refractivity contribution in [2.24, 2.45) is 4.99 Å². The number of halogens is 4. The van der Waals surface area contributed by atoms with E-state index in [0.29, 0.717) is 18.2 Å². The van der Waals surface area contributed by atoms with E-state index in [1.165, 1.54) is 25.7 Å². The summed E-state index contributed by atoms with van der Waals surface area (Å²) in [5.41, 5.74) is 1.72. The molecule has 1 aromatic rings. The molecule has 0 spiro atoms. The average Bonchev–Trinajstić information content (AvgIpc) is 3.06. The highest BCUT2D eigenvalue weighted by Gasteiger charge is 2.27. The molecule has 1 aliphatic rings. The number of nitrogens with one attached hydrogen (secondary N) is 2. The van der Waals surface area contributed by atoms with Crippen molar-refractivity contribution in [1.29, 1.82) is 0 Å². The van der Waals surface area contributed by atoms with Gasteiger partial charge in [0.2, 0.25) is 0 Å². The van der Waals surface area contributed by atoms with Gasteiger partial charge in [0, 0.05) is 12.6 Å². The molecule has 0 radical (unpaired) electrons. The highest BCUT2D eigenvalue weighted by atomic mass is 127. The Labute approximate surface area is 170 Å². The van der Waals surface area contributed by atoms with E-state index in [2.05, 4.69) is 20.4 Å². The topological polar surface area (TPSA) is 45.7 Å². The molecule has 0 heterocycles. The van der Waals surface area contributed by atoms with Crippen molar-refractivity contribution in [1.82, 2.24) is 10.6 Å². The number of rotatable bonds is 7. The first-order valence-electron chi connectivity index (χ1n) is 8.73. The van der Waals surface area contributed by atoms with Crippen LogP contribution >= 0.6 is 24.0 Å². The Bertz CT molecular complexity index is 544. The quantitative estimate of drug-likeness (QED) is 0.343. The summed E-state index contributed by atoms with van der Waals surface area (Å²) in [6, 6.07) is 7.78. The zero-order valence-corrected chi connectivity index (χ0v) is 17.3. The van der Waals surface area contributed by atoms with Crippen LogP contribution in [0.3, 0.4) is 0 Å². The van der Waals surface area contributed by atoms with Crippen LogP contribution in [-0.4, -0.2) is 31.3 Å². The second kappa shape index (κ2) is 11.6. The van der Waals surface area contributed by atoms with E-state index >= 15 is 0 Å². The molecule has 1 aromatic carbocycles. The summed E-state index contributed by atoms with van der Waals surface area (Å²) >= 11 is 0. The summed E-state index contributed by atoms with van der Waals surface area (Å²) < 4.78 is 40.8. The molecule has 1 aliphatic carbocycles. The maximum atomic E-state index is 12.1. The van der Waals surface area contributed by atoms with Crippen LogP contribution in [0.15, 0.2) is 29.3 Å². The number of alkyl halides is 3. The molecular formula is C18H27F3IN3O. The molecule has 1 fully saturated rings. The van der Waals surface area contributed by atoms with Crippen LogP contribution in [0.5, 0.6) is 0 Å². The largest absolute Gasteiger partial charge is 0.411 e. The van der Waals surface area contributed by atoms with Crippen LogP contribution < -0.4 is 10.6 Å². The Balaban J connectivity index is 0.00000338. The lowest BCUT2D eigenvalue weighted by Gasteiger charge is -2.16. The number of aliphatic imine (C=N–C) groups is 1. The molecule has 0 unspecified atom stereocenters. The third-order valence-electron chi connectivity index (χ3n) is 4.02. The normalized spacial score (nSPS) is 15.6. The molecule has 8 heteroatoms. The Hall–Kier alpha value is -1.03. The Morgan fingerprint density at radius 3 is 2.35 bits per heavy atom. The van der Waals surface area contributed by atoms with Gasteiger partial charge in [0.15, 0.2) is 5.96 Å². The van der Waals surface area contributed by atoms with Gasteiger partial charge in [0.1, 0.15) is 6.61 Å². The molecule has 0 aromatic heterocycles. The molecular weight excluding hydrogens is 458 g/mol. The first-order chi connectivity index (χ1) is 12.0. The molecule has 2 N–H and O–H groups in total. The summed E-state index contributed by atoms with van der Waals surface area (Å²) in [5, 5.41) is 6.70. The van der Waals surface area contributed by atoms with Crippen molar-refractivity contribution in [3.8, 4) is 0 Å². The highest BCUT2D eigenvalue weighted by Crippen LogP contribution is 2.18. The van der Waals surface area contributed by atoms with Gasteiger partial charge in [-0.2, -0.15) is 13.2 Å². The Morgan fingerprint density at radius 1 is 1.15 bits per heavy atom. The van der Waals surface area contributed by atoms with E-state index in [1.54, 1.807) is 12.1 Å². The van der Waals surface area contributed by atoms with Gasteiger partial charge in [-0.05, 0) is 30.9 Å². The monoisotopic (exact) mass is 485 g/mol. The number of hydrogen-bond acceptors (Lipinski definition) is 2. The Morgan fingerprint density at radius 2 is 1.77 bits per heavy atom. The van der Waals surface area contributed by atoms with Crippen molar-refractivity contribution >= 4 is 29.9 Å². The molecule has 0 bridgehead atoms. The van der Waals surface area contributed by atoms with Gasteiger partial charge >= 0.3 is 6.18 Å². The fourth-order valence-corrected chi connectivity index (χ4v) is 2.78. The lowest BCUT2D eigenvalue weighted by Crippen LogP contribution is -2.42. The minimum atomic E-state index is -4.29. The first-order valence-corrected chi connectivity index (χ1v) is 8.73. The van der Waals surface area contributed by atoms with Crippen molar-refractivity contribution in [3.05, 3.63) is 35.4 Å².